The Balaban J connectivity index is 2.02. The molecule has 0 radical (unpaired) electrons. The molecule has 1 amide bonds. The van der Waals surface area contributed by atoms with Crippen molar-refractivity contribution >= 4 is 33.4 Å². The molecule has 1 atom stereocenters. The minimum absolute atomic E-state index is 0.164. The Hall–Kier alpha value is -0.620. The maximum absolute atomic E-state index is 12.2. The largest absolute Gasteiger partial charge is 0.383 e. The van der Waals surface area contributed by atoms with Crippen LogP contribution in [-0.4, -0.2) is 38.3 Å². The van der Waals surface area contributed by atoms with Gasteiger partial charge in [0.25, 0.3) is 5.91 Å². The van der Waals surface area contributed by atoms with Gasteiger partial charge in [0, 0.05) is 18.1 Å². The fraction of sp³-hybridized carbons (Fsp3) is 0.500. The van der Waals surface area contributed by atoms with E-state index < -0.39 is 0 Å². The van der Waals surface area contributed by atoms with Crippen molar-refractivity contribution in [2.45, 2.75) is 18.4 Å². The first-order chi connectivity index (χ1) is 9.58. The number of benzene rings is 1. The third-order valence-corrected chi connectivity index (χ3v) is 4.83. The molecule has 1 heterocycles. The summed E-state index contributed by atoms with van der Waals surface area (Å²) in [5, 5.41) is 6.81. The highest BCUT2D eigenvalue weighted by Crippen LogP contribution is 2.26. The van der Waals surface area contributed by atoms with E-state index in [-0.39, 0.29) is 11.4 Å². The van der Waals surface area contributed by atoms with Crippen molar-refractivity contribution in [1.82, 2.24) is 10.6 Å². The van der Waals surface area contributed by atoms with Crippen molar-refractivity contribution in [2.24, 2.45) is 0 Å². The first kappa shape index (κ1) is 15.8. The summed E-state index contributed by atoms with van der Waals surface area (Å²) in [6, 6.07) is 5.32. The molecule has 2 rings (SSSR count). The summed E-state index contributed by atoms with van der Waals surface area (Å²) in [7, 11) is 1.68. The molecule has 6 heteroatoms. The van der Waals surface area contributed by atoms with E-state index >= 15 is 0 Å². The summed E-state index contributed by atoms with van der Waals surface area (Å²) in [4.78, 5) is 12.2. The molecular weight excluding hydrogens is 344 g/mol. The van der Waals surface area contributed by atoms with Crippen LogP contribution in [0.2, 0.25) is 5.02 Å². The Kier molecular flexibility index (Phi) is 5.43. The molecular formula is C14H18BrClN2O2. The van der Waals surface area contributed by atoms with Crippen LogP contribution in [0.3, 0.4) is 0 Å². The highest BCUT2D eigenvalue weighted by molar-refractivity contribution is 9.10. The van der Waals surface area contributed by atoms with Gasteiger partial charge in [0.05, 0.1) is 22.7 Å². The van der Waals surface area contributed by atoms with Crippen LogP contribution in [0, 0.1) is 0 Å². The van der Waals surface area contributed by atoms with Crippen LogP contribution >= 0.6 is 27.5 Å². The number of hydrogen-bond acceptors (Lipinski definition) is 3. The number of rotatable bonds is 5. The SMILES string of the molecule is COCC1(CNC(=O)c2cccc(Br)c2Cl)CCCN1. The average molecular weight is 362 g/mol. The summed E-state index contributed by atoms with van der Waals surface area (Å²) < 4.78 is 5.98. The van der Waals surface area contributed by atoms with Crippen LogP contribution in [0.1, 0.15) is 23.2 Å². The summed E-state index contributed by atoms with van der Waals surface area (Å²) in [5.41, 5.74) is 0.315. The fourth-order valence-electron chi connectivity index (χ4n) is 2.49. The minimum atomic E-state index is -0.166. The van der Waals surface area contributed by atoms with Crippen LogP contribution in [-0.2, 0) is 4.74 Å². The van der Waals surface area contributed by atoms with Crippen molar-refractivity contribution in [3.63, 3.8) is 0 Å². The zero-order valence-electron chi connectivity index (χ0n) is 11.3. The van der Waals surface area contributed by atoms with Gasteiger partial charge in [0.1, 0.15) is 0 Å². The number of amides is 1. The molecule has 1 fully saturated rings. The van der Waals surface area contributed by atoms with E-state index in [9.17, 15) is 4.79 Å². The molecule has 0 spiro atoms. The standard InChI is InChI=1S/C14H18BrClN2O2/c1-20-9-14(6-3-7-18-14)8-17-13(19)10-4-2-5-11(15)12(10)16/h2,4-5,18H,3,6-9H2,1H3,(H,17,19). The van der Waals surface area contributed by atoms with Gasteiger partial charge in [0.2, 0.25) is 0 Å². The molecule has 0 bridgehead atoms. The lowest BCUT2D eigenvalue weighted by molar-refractivity contribution is 0.0892. The number of ether oxygens (including phenoxy) is 1. The van der Waals surface area contributed by atoms with Gasteiger partial charge in [0.15, 0.2) is 0 Å². The topological polar surface area (TPSA) is 50.4 Å². The second-order valence-corrected chi connectivity index (χ2v) is 6.26. The van der Waals surface area contributed by atoms with Gasteiger partial charge in [-0.05, 0) is 47.4 Å². The second-order valence-electron chi connectivity index (χ2n) is 5.03. The first-order valence-electron chi connectivity index (χ1n) is 6.54. The van der Waals surface area contributed by atoms with Crippen LogP contribution in [0.15, 0.2) is 22.7 Å². The molecule has 2 N–H and O–H groups in total. The lowest BCUT2D eigenvalue weighted by atomic mass is 9.98. The monoisotopic (exact) mass is 360 g/mol. The summed E-state index contributed by atoms with van der Waals surface area (Å²) >= 11 is 9.45. The van der Waals surface area contributed by atoms with Gasteiger partial charge in [-0.1, -0.05) is 17.7 Å². The van der Waals surface area contributed by atoms with Crippen molar-refractivity contribution in [3.8, 4) is 0 Å². The van der Waals surface area contributed by atoms with E-state index in [1.54, 1.807) is 19.2 Å². The molecule has 0 aromatic heterocycles. The average Bonchev–Trinajstić information content (AvgIpc) is 2.89. The van der Waals surface area contributed by atoms with Gasteiger partial charge in [-0.15, -0.1) is 0 Å². The van der Waals surface area contributed by atoms with E-state index in [2.05, 4.69) is 26.6 Å². The van der Waals surface area contributed by atoms with Gasteiger partial charge < -0.3 is 15.4 Å². The highest BCUT2D eigenvalue weighted by atomic mass is 79.9. The number of carbonyl (C=O) groups excluding carboxylic acids is 1. The molecule has 20 heavy (non-hydrogen) atoms. The number of carbonyl (C=O) groups is 1. The fourth-order valence-corrected chi connectivity index (χ4v) is 3.07. The molecule has 1 aromatic rings. The van der Waals surface area contributed by atoms with Gasteiger partial charge in [-0.3, -0.25) is 4.79 Å². The third-order valence-electron chi connectivity index (χ3n) is 3.54. The normalized spacial score (nSPS) is 21.9. The Bertz CT molecular complexity index is 490. The molecule has 1 aliphatic rings. The molecule has 1 unspecified atom stereocenters. The summed E-state index contributed by atoms with van der Waals surface area (Å²) in [5.74, 6) is -0.166. The number of methoxy groups -OCH3 is 1. The van der Waals surface area contributed by atoms with E-state index in [1.807, 2.05) is 6.07 Å². The first-order valence-corrected chi connectivity index (χ1v) is 7.71. The lowest BCUT2D eigenvalue weighted by Crippen LogP contribution is -2.53. The Morgan fingerprint density at radius 1 is 1.60 bits per heavy atom. The van der Waals surface area contributed by atoms with Crippen LogP contribution < -0.4 is 10.6 Å². The van der Waals surface area contributed by atoms with Gasteiger partial charge in [-0.25, -0.2) is 0 Å². The number of halogens is 2. The number of hydrogen-bond donors (Lipinski definition) is 2. The van der Waals surface area contributed by atoms with Crippen LogP contribution in [0.25, 0.3) is 0 Å². The van der Waals surface area contributed by atoms with Crippen LogP contribution in [0.4, 0.5) is 0 Å². The van der Waals surface area contributed by atoms with E-state index in [0.717, 1.165) is 23.9 Å². The Morgan fingerprint density at radius 2 is 2.40 bits per heavy atom. The van der Waals surface area contributed by atoms with Crippen LogP contribution in [0.5, 0.6) is 0 Å². The molecule has 110 valence electrons. The maximum Gasteiger partial charge on any atom is 0.252 e. The third kappa shape index (κ3) is 3.52. The molecule has 0 saturated carbocycles. The van der Waals surface area contributed by atoms with E-state index in [4.69, 9.17) is 16.3 Å². The zero-order valence-corrected chi connectivity index (χ0v) is 13.7. The van der Waals surface area contributed by atoms with E-state index in [1.165, 1.54) is 0 Å². The lowest BCUT2D eigenvalue weighted by Gasteiger charge is -2.29. The highest BCUT2D eigenvalue weighted by Gasteiger charge is 2.33. The van der Waals surface area contributed by atoms with Crippen molar-refractivity contribution < 1.29 is 9.53 Å². The van der Waals surface area contributed by atoms with Crippen molar-refractivity contribution in [2.75, 3.05) is 26.8 Å². The number of nitrogens with one attached hydrogen (secondary N) is 2. The minimum Gasteiger partial charge on any atom is -0.383 e. The molecule has 1 aliphatic heterocycles. The molecule has 1 saturated heterocycles. The quantitative estimate of drug-likeness (QED) is 0.847. The summed E-state index contributed by atoms with van der Waals surface area (Å²) in [6.45, 7) is 2.07. The van der Waals surface area contributed by atoms with Crippen molar-refractivity contribution in [3.05, 3.63) is 33.3 Å². The molecule has 4 nitrogen and oxygen atoms in total. The molecule has 1 aromatic carbocycles. The predicted molar refractivity (Wildman–Crippen MR) is 83.3 cm³/mol. The second kappa shape index (κ2) is 6.89. The zero-order chi connectivity index (χ0) is 14.6. The Labute approximate surface area is 132 Å². The van der Waals surface area contributed by atoms with E-state index in [0.29, 0.717) is 23.7 Å². The maximum atomic E-state index is 12.2. The predicted octanol–water partition coefficient (Wildman–Crippen LogP) is 2.60. The van der Waals surface area contributed by atoms with Crippen molar-refractivity contribution in [1.29, 1.82) is 0 Å². The van der Waals surface area contributed by atoms with Gasteiger partial charge in [-0.2, -0.15) is 0 Å². The Morgan fingerprint density at radius 3 is 3.05 bits per heavy atom. The van der Waals surface area contributed by atoms with Gasteiger partial charge >= 0.3 is 0 Å². The summed E-state index contributed by atoms with van der Waals surface area (Å²) in [6.07, 6.45) is 2.09. The molecule has 0 aliphatic carbocycles. The smallest absolute Gasteiger partial charge is 0.252 e.